The molecule has 25 heavy (non-hydrogen) atoms. The summed E-state index contributed by atoms with van der Waals surface area (Å²) < 4.78 is 16.2. The van der Waals surface area contributed by atoms with Crippen molar-refractivity contribution in [3.05, 3.63) is 41.3 Å². The van der Waals surface area contributed by atoms with Crippen molar-refractivity contribution in [1.82, 2.24) is 10.1 Å². The molecule has 2 heterocycles. The van der Waals surface area contributed by atoms with Crippen molar-refractivity contribution in [3.8, 4) is 17.6 Å². The summed E-state index contributed by atoms with van der Waals surface area (Å²) in [6.07, 6.45) is 1.76. The Morgan fingerprint density at radius 2 is 2.28 bits per heavy atom. The maximum Gasteiger partial charge on any atom is 0.261 e. The first-order valence-corrected chi connectivity index (χ1v) is 8.06. The third kappa shape index (κ3) is 3.58. The Labute approximate surface area is 145 Å². The van der Waals surface area contributed by atoms with Gasteiger partial charge in [0.15, 0.2) is 23.9 Å². The van der Waals surface area contributed by atoms with Crippen LogP contribution in [0.2, 0.25) is 0 Å². The van der Waals surface area contributed by atoms with Gasteiger partial charge in [-0.15, -0.1) is 0 Å². The highest BCUT2D eigenvalue weighted by Gasteiger charge is 2.32. The molecule has 1 aliphatic rings. The molecule has 130 valence electrons. The number of hydrogen-bond donors (Lipinski definition) is 0. The van der Waals surface area contributed by atoms with E-state index < -0.39 is 0 Å². The largest absolute Gasteiger partial charge is 0.493 e. The number of nitrogens with zero attached hydrogens (tertiary/aromatic N) is 3. The van der Waals surface area contributed by atoms with Crippen LogP contribution in [-0.4, -0.2) is 36.2 Å². The molecule has 0 bridgehead atoms. The second-order valence-electron chi connectivity index (χ2n) is 5.88. The molecule has 1 atom stereocenters. The van der Waals surface area contributed by atoms with E-state index >= 15 is 0 Å². The second-order valence-corrected chi connectivity index (χ2v) is 5.88. The van der Waals surface area contributed by atoms with Crippen LogP contribution < -0.4 is 9.47 Å². The Morgan fingerprint density at radius 3 is 2.96 bits per heavy atom. The molecule has 7 nitrogen and oxygen atoms in total. The lowest BCUT2D eigenvalue weighted by molar-refractivity contribution is -0.134. The Bertz CT molecular complexity index is 809. The molecule has 2 aromatic rings. The minimum Gasteiger partial charge on any atom is -0.493 e. The van der Waals surface area contributed by atoms with Crippen molar-refractivity contribution < 1.29 is 18.8 Å². The standard InChI is InChI=1S/C18H19N3O4/c1-12-8-16(25-20-12)14-4-3-7-21(14)18(22)11-24-15-6-5-13(10-19)9-17(15)23-2/h5-6,8-9,14H,3-4,7,11H2,1-2H3. The number of likely N-dealkylation sites (tertiary alicyclic amines) is 1. The van der Waals surface area contributed by atoms with Crippen molar-refractivity contribution in [2.24, 2.45) is 0 Å². The van der Waals surface area contributed by atoms with Gasteiger partial charge in [-0.25, -0.2) is 0 Å². The van der Waals surface area contributed by atoms with Gasteiger partial charge in [0.05, 0.1) is 30.5 Å². The third-order valence-corrected chi connectivity index (χ3v) is 4.19. The number of aryl methyl sites for hydroxylation is 1. The number of benzene rings is 1. The molecule has 0 saturated carbocycles. The number of nitriles is 1. The van der Waals surface area contributed by atoms with Crippen LogP contribution in [0.3, 0.4) is 0 Å². The Hall–Kier alpha value is -3.01. The van der Waals surface area contributed by atoms with E-state index in [1.807, 2.05) is 19.1 Å². The molecule has 1 amide bonds. The van der Waals surface area contributed by atoms with E-state index in [1.165, 1.54) is 7.11 Å². The molecule has 0 spiro atoms. The lowest BCUT2D eigenvalue weighted by Crippen LogP contribution is -2.34. The summed E-state index contributed by atoms with van der Waals surface area (Å²) in [5, 5.41) is 12.8. The second kappa shape index (κ2) is 7.26. The molecule has 1 saturated heterocycles. The van der Waals surface area contributed by atoms with Gasteiger partial charge in [0.2, 0.25) is 0 Å². The number of hydrogen-bond acceptors (Lipinski definition) is 6. The van der Waals surface area contributed by atoms with Crippen LogP contribution >= 0.6 is 0 Å². The monoisotopic (exact) mass is 341 g/mol. The van der Waals surface area contributed by atoms with Crippen molar-refractivity contribution >= 4 is 5.91 Å². The highest BCUT2D eigenvalue weighted by atomic mass is 16.5. The molecule has 0 radical (unpaired) electrons. The highest BCUT2D eigenvalue weighted by Crippen LogP contribution is 2.33. The molecule has 1 aromatic carbocycles. The van der Waals surface area contributed by atoms with E-state index in [0.29, 0.717) is 29.4 Å². The average Bonchev–Trinajstić information content (AvgIpc) is 3.28. The van der Waals surface area contributed by atoms with Crippen molar-refractivity contribution in [2.75, 3.05) is 20.3 Å². The molecule has 1 aromatic heterocycles. The van der Waals surface area contributed by atoms with Gasteiger partial charge in [-0.1, -0.05) is 5.16 Å². The van der Waals surface area contributed by atoms with E-state index in [1.54, 1.807) is 23.1 Å². The van der Waals surface area contributed by atoms with Gasteiger partial charge in [-0.3, -0.25) is 4.79 Å². The van der Waals surface area contributed by atoms with Gasteiger partial charge in [0.25, 0.3) is 5.91 Å². The molecule has 1 aliphatic heterocycles. The average molecular weight is 341 g/mol. The Balaban J connectivity index is 1.67. The lowest BCUT2D eigenvalue weighted by Gasteiger charge is -2.23. The van der Waals surface area contributed by atoms with Crippen LogP contribution in [-0.2, 0) is 4.79 Å². The number of methoxy groups -OCH3 is 1. The molecule has 7 heteroatoms. The summed E-state index contributed by atoms with van der Waals surface area (Å²) in [4.78, 5) is 14.3. The first-order chi connectivity index (χ1) is 12.1. The lowest BCUT2D eigenvalue weighted by atomic mass is 10.1. The van der Waals surface area contributed by atoms with Gasteiger partial charge >= 0.3 is 0 Å². The highest BCUT2D eigenvalue weighted by molar-refractivity contribution is 5.78. The number of aromatic nitrogens is 1. The van der Waals surface area contributed by atoms with Crippen LogP contribution in [0.4, 0.5) is 0 Å². The Kier molecular flexibility index (Phi) is 4.89. The van der Waals surface area contributed by atoms with Crippen LogP contribution in [0, 0.1) is 18.3 Å². The molecular weight excluding hydrogens is 322 g/mol. The van der Waals surface area contributed by atoms with Gasteiger partial charge in [0, 0.05) is 18.7 Å². The number of amides is 1. The topological polar surface area (TPSA) is 88.6 Å². The maximum atomic E-state index is 12.6. The van der Waals surface area contributed by atoms with E-state index in [0.717, 1.165) is 18.5 Å². The minimum atomic E-state index is -0.122. The first kappa shape index (κ1) is 16.8. The summed E-state index contributed by atoms with van der Waals surface area (Å²) in [5.41, 5.74) is 1.27. The zero-order chi connectivity index (χ0) is 17.8. The van der Waals surface area contributed by atoms with E-state index in [-0.39, 0.29) is 18.6 Å². The zero-order valence-electron chi connectivity index (χ0n) is 14.2. The molecule has 1 unspecified atom stereocenters. The number of carbonyl (C=O) groups is 1. The molecular formula is C18H19N3O4. The van der Waals surface area contributed by atoms with Crippen molar-refractivity contribution in [1.29, 1.82) is 5.26 Å². The fourth-order valence-corrected chi connectivity index (χ4v) is 2.98. The summed E-state index contributed by atoms with van der Waals surface area (Å²) in [6.45, 7) is 2.41. The van der Waals surface area contributed by atoms with Gasteiger partial charge in [0.1, 0.15) is 0 Å². The first-order valence-electron chi connectivity index (χ1n) is 8.06. The van der Waals surface area contributed by atoms with E-state index in [9.17, 15) is 4.79 Å². The molecule has 3 rings (SSSR count). The number of rotatable bonds is 5. The summed E-state index contributed by atoms with van der Waals surface area (Å²) in [6, 6.07) is 8.64. The van der Waals surface area contributed by atoms with Crippen LogP contribution in [0.25, 0.3) is 0 Å². The van der Waals surface area contributed by atoms with Gasteiger partial charge < -0.3 is 18.9 Å². The van der Waals surface area contributed by atoms with E-state index in [2.05, 4.69) is 5.16 Å². The predicted octanol–water partition coefficient (Wildman–Crippen LogP) is 2.61. The number of carbonyl (C=O) groups excluding carboxylic acids is 1. The van der Waals surface area contributed by atoms with Crippen molar-refractivity contribution in [2.45, 2.75) is 25.8 Å². The zero-order valence-corrected chi connectivity index (χ0v) is 14.2. The summed E-state index contributed by atoms with van der Waals surface area (Å²) >= 11 is 0. The third-order valence-electron chi connectivity index (χ3n) is 4.19. The summed E-state index contributed by atoms with van der Waals surface area (Å²) in [7, 11) is 1.49. The smallest absolute Gasteiger partial charge is 0.261 e. The Morgan fingerprint density at radius 1 is 1.44 bits per heavy atom. The van der Waals surface area contributed by atoms with Gasteiger partial charge in [-0.05, 0) is 31.9 Å². The van der Waals surface area contributed by atoms with Crippen molar-refractivity contribution in [3.63, 3.8) is 0 Å². The molecule has 1 fully saturated rings. The number of ether oxygens (including phenoxy) is 2. The maximum absolute atomic E-state index is 12.6. The fourth-order valence-electron chi connectivity index (χ4n) is 2.98. The SMILES string of the molecule is COc1cc(C#N)ccc1OCC(=O)N1CCCC1c1cc(C)no1. The minimum absolute atomic E-state index is 0.0971. The van der Waals surface area contributed by atoms with E-state index in [4.69, 9.17) is 19.3 Å². The predicted molar refractivity (Wildman–Crippen MR) is 88.1 cm³/mol. The van der Waals surface area contributed by atoms with Crippen LogP contribution in [0.1, 0.15) is 35.9 Å². The molecule has 0 N–H and O–H groups in total. The van der Waals surface area contributed by atoms with Crippen LogP contribution in [0.15, 0.2) is 28.8 Å². The molecule has 0 aliphatic carbocycles. The van der Waals surface area contributed by atoms with Crippen LogP contribution in [0.5, 0.6) is 11.5 Å². The fraction of sp³-hybridized carbons (Fsp3) is 0.389. The van der Waals surface area contributed by atoms with Gasteiger partial charge in [-0.2, -0.15) is 5.26 Å². The normalized spacial score (nSPS) is 16.5. The summed E-state index contributed by atoms with van der Waals surface area (Å²) in [5.74, 6) is 1.44. The quantitative estimate of drug-likeness (QED) is 0.830.